The van der Waals surface area contributed by atoms with Gasteiger partial charge < -0.3 is 4.74 Å². The number of rotatable bonds is 4. The van der Waals surface area contributed by atoms with Crippen LogP contribution in [0.25, 0.3) is 0 Å². The highest BCUT2D eigenvalue weighted by molar-refractivity contribution is 7.89. The van der Waals surface area contributed by atoms with Gasteiger partial charge in [-0.2, -0.15) is 5.10 Å². The first-order valence-electron chi connectivity index (χ1n) is 5.54. The topological polar surface area (TPSA) is 87.2 Å². The predicted octanol–water partition coefficient (Wildman–Crippen LogP) is 1.48. The number of benzene rings is 1. The molecule has 0 aliphatic carbocycles. The molecule has 0 fully saturated rings. The van der Waals surface area contributed by atoms with Crippen molar-refractivity contribution in [3.8, 4) is 5.75 Å². The second-order valence-corrected chi connectivity index (χ2v) is 5.61. The van der Waals surface area contributed by atoms with Crippen LogP contribution >= 0.6 is 0 Å². The van der Waals surface area contributed by atoms with E-state index in [9.17, 15) is 21.6 Å². The average Bonchev–Trinajstić information content (AvgIpc) is 2.80. The van der Waals surface area contributed by atoms with Crippen LogP contribution in [-0.4, -0.2) is 24.6 Å². The van der Waals surface area contributed by atoms with E-state index in [1.807, 2.05) is 0 Å². The van der Waals surface area contributed by atoms with Gasteiger partial charge in [0.05, 0.1) is 6.54 Å². The molecule has 6 nitrogen and oxygen atoms in total. The van der Waals surface area contributed by atoms with Gasteiger partial charge in [0.2, 0.25) is 10.0 Å². The lowest BCUT2D eigenvalue weighted by Crippen LogP contribution is -2.21. The number of aromatic nitrogens is 2. The van der Waals surface area contributed by atoms with Crippen molar-refractivity contribution >= 4 is 10.0 Å². The molecule has 0 atom stereocenters. The van der Waals surface area contributed by atoms with Gasteiger partial charge in [-0.05, 0) is 23.8 Å². The molecule has 2 N–H and O–H groups in total. The lowest BCUT2D eigenvalue weighted by molar-refractivity contribution is -0.275. The molecular weight excluding hydrogens is 311 g/mol. The zero-order chi connectivity index (χ0) is 15.7. The smallest absolute Gasteiger partial charge is 0.404 e. The quantitative estimate of drug-likeness (QED) is 0.924. The lowest BCUT2D eigenvalue weighted by atomic mass is 10.2. The summed E-state index contributed by atoms with van der Waals surface area (Å²) in [6.45, 7) is 0.182. The third-order valence-corrected chi connectivity index (χ3v) is 3.38. The van der Waals surface area contributed by atoms with Crippen molar-refractivity contribution in [2.45, 2.75) is 17.8 Å². The van der Waals surface area contributed by atoms with Crippen molar-refractivity contribution in [2.75, 3.05) is 0 Å². The molecule has 0 radical (unpaired) electrons. The molecule has 2 rings (SSSR count). The fourth-order valence-electron chi connectivity index (χ4n) is 1.66. The van der Waals surface area contributed by atoms with Gasteiger partial charge in [0.25, 0.3) is 0 Å². The van der Waals surface area contributed by atoms with E-state index in [0.29, 0.717) is 5.56 Å². The molecule has 0 saturated heterocycles. The molecular formula is C11H10F3N3O3S. The summed E-state index contributed by atoms with van der Waals surface area (Å²) in [6.07, 6.45) is -1.87. The predicted molar refractivity (Wildman–Crippen MR) is 65.8 cm³/mol. The van der Waals surface area contributed by atoms with E-state index < -0.39 is 27.0 Å². The molecule has 0 amide bonds. The van der Waals surface area contributed by atoms with E-state index in [1.165, 1.54) is 16.9 Å². The summed E-state index contributed by atoms with van der Waals surface area (Å²) >= 11 is 0. The number of hydrogen-bond donors (Lipinski definition) is 1. The molecule has 0 aliphatic heterocycles. The van der Waals surface area contributed by atoms with E-state index in [1.54, 1.807) is 12.3 Å². The Morgan fingerprint density at radius 2 is 2.05 bits per heavy atom. The summed E-state index contributed by atoms with van der Waals surface area (Å²) in [4.78, 5) is -0.732. The number of sulfonamides is 1. The zero-order valence-electron chi connectivity index (χ0n) is 10.4. The Kier molecular flexibility index (Phi) is 3.92. The molecule has 10 heteroatoms. The summed E-state index contributed by atoms with van der Waals surface area (Å²) in [6, 6.07) is 4.89. The largest absolute Gasteiger partial charge is 0.573 e. The molecule has 1 heterocycles. The van der Waals surface area contributed by atoms with Crippen LogP contribution in [0.1, 0.15) is 5.56 Å². The second kappa shape index (κ2) is 5.37. The van der Waals surface area contributed by atoms with Crippen molar-refractivity contribution in [3.05, 3.63) is 42.2 Å². The molecule has 0 aliphatic rings. The normalized spacial score (nSPS) is 12.4. The molecule has 1 aromatic heterocycles. The summed E-state index contributed by atoms with van der Waals surface area (Å²) in [5, 5.41) is 8.83. The molecule has 0 bridgehead atoms. The Labute approximate surface area is 118 Å². The first-order chi connectivity index (χ1) is 9.65. The summed E-state index contributed by atoms with van der Waals surface area (Å²) in [5.41, 5.74) is 0.414. The molecule has 0 spiro atoms. The number of nitrogens with zero attached hydrogens (tertiary/aromatic N) is 2. The minimum absolute atomic E-state index is 0.182. The van der Waals surface area contributed by atoms with Gasteiger partial charge in [0.1, 0.15) is 10.6 Å². The Balaban J connectivity index is 2.40. The average molecular weight is 321 g/mol. The third-order valence-electron chi connectivity index (χ3n) is 2.44. The summed E-state index contributed by atoms with van der Waals surface area (Å²) < 4.78 is 64.7. The van der Waals surface area contributed by atoms with E-state index in [4.69, 9.17) is 5.14 Å². The standard InChI is InChI=1S/C11H10F3N3O3S/c12-11(13,14)20-9-3-2-8(6-10(9)21(15,18)19)7-17-5-1-4-16-17/h1-6H,7H2,(H2,15,18,19). The molecule has 0 saturated carbocycles. The summed E-state index contributed by atoms with van der Waals surface area (Å²) in [5.74, 6) is -0.866. The third kappa shape index (κ3) is 4.20. The van der Waals surface area contributed by atoms with Crippen molar-refractivity contribution in [2.24, 2.45) is 5.14 Å². The highest BCUT2D eigenvalue weighted by Crippen LogP contribution is 2.29. The van der Waals surface area contributed by atoms with Crippen molar-refractivity contribution in [1.82, 2.24) is 9.78 Å². The first kappa shape index (κ1) is 15.3. The van der Waals surface area contributed by atoms with Crippen LogP contribution in [0.3, 0.4) is 0 Å². The molecule has 114 valence electrons. The van der Waals surface area contributed by atoms with Gasteiger partial charge >= 0.3 is 6.36 Å². The number of alkyl halides is 3. The summed E-state index contributed by atoms with van der Waals surface area (Å²) in [7, 11) is -4.36. The van der Waals surface area contributed by atoms with Crippen LogP contribution in [0.5, 0.6) is 5.75 Å². The van der Waals surface area contributed by atoms with Crippen molar-refractivity contribution in [3.63, 3.8) is 0 Å². The number of hydrogen-bond acceptors (Lipinski definition) is 4. The number of halogens is 3. The van der Waals surface area contributed by atoms with E-state index >= 15 is 0 Å². The van der Waals surface area contributed by atoms with Crippen LogP contribution in [-0.2, 0) is 16.6 Å². The van der Waals surface area contributed by atoms with Crippen molar-refractivity contribution < 1.29 is 26.3 Å². The molecule has 21 heavy (non-hydrogen) atoms. The van der Waals surface area contributed by atoms with Crippen molar-refractivity contribution in [1.29, 1.82) is 0 Å². The number of ether oxygens (including phenoxy) is 1. The zero-order valence-corrected chi connectivity index (χ0v) is 11.2. The Morgan fingerprint density at radius 3 is 2.57 bits per heavy atom. The van der Waals surface area contributed by atoms with Crippen LogP contribution in [0.2, 0.25) is 0 Å². The van der Waals surface area contributed by atoms with Crippen LogP contribution in [0.4, 0.5) is 13.2 Å². The minimum Gasteiger partial charge on any atom is -0.404 e. The van der Waals surface area contributed by atoms with Gasteiger partial charge in [0.15, 0.2) is 0 Å². The SMILES string of the molecule is NS(=O)(=O)c1cc(Cn2cccn2)ccc1OC(F)(F)F. The molecule has 0 unspecified atom stereocenters. The maximum Gasteiger partial charge on any atom is 0.573 e. The van der Waals surface area contributed by atoms with Gasteiger partial charge in [-0.1, -0.05) is 6.07 Å². The fourth-order valence-corrected chi connectivity index (χ4v) is 2.37. The van der Waals surface area contributed by atoms with Gasteiger partial charge in [0, 0.05) is 12.4 Å². The monoisotopic (exact) mass is 321 g/mol. The Hall–Kier alpha value is -2.07. The number of nitrogens with two attached hydrogens (primary N) is 1. The lowest BCUT2D eigenvalue weighted by Gasteiger charge is -2.13. The van der Waals surface area contributed by atoms with Crippen LogP contribution in [0, 0.1) is 0 Å². The van der Waals surface area contributed by atoms with Crippen LogP contribution < -0.4 is 9.88 Å². The van der Waals surface area contributed by atoms with E-state index in [2.05, 4.69) is 9.84 Å². The minimum atomic E-state index is -5.01. The highest BCUT2D eigenvalue weighted by atomic mass is 32.2. The fraction of sp³-hybridized carbons (Fsp3) is 0.182. The van der Waals surface area contributed by atoms with Gasteiger partial charge in [-0.15, -0.1) is 13.2 Å². The van der Waals surface area contributed by atoms with Gasteiger partial charge in [-0.3, -0.25) is 4.68 Å². The van der Waals surface area contributed by atoms with Crippen LogP contribution in [0.15, 0.2) is 41.6 Å². The Bertz CT molecular complexity index is 727. The van der Waals surface area contributed by atoms with E-state index in [-0.39, 0.29) is 6.54 Å². The maximum absolute atomic E-state index is 12.2. The molecule has 1 aromatic carbocycles. The van der Waals surface area contributed by atoms with Gasteiger partial charge in [-0.25, -0.2) is 13.6 Å². The Morgan fingerprint density at radius 1 is 1.33 bits per heavy atom. The highest BCUT2D eigenvalue weighted by Gasteiger charge is 2.33. The maximum atomic E-state index is 12.2. The van der Waals surface area contributed by atoms with E-state index in [0.717, 1.165) is 12.1 Å². The second-order valence-electron chi connectivity index (χ2n) is 4.08. The molecule has 2 aromatic rings. The number of primary sulfonamides is 1. The first-order valence-corrected chi connectivity index (χ1v) is 7.09.